The molecular formula is C42H68Cl2N4PRu+. The Morgan fingerprint density at radius 2 is 0.900 bits per heavy atom. The minimum Gasteiger partial charge on any atom is -0.371 e. The van der Waals surface area contributed by atoms with E-state index in [4.69, 9.17) is 19.4 Å². The molecule has 0 aromatic carbocycles. The SMILES string of the molecule is C1CCC([PH+](C2CCCCC2)C2CCCCC2)CC1.CC(C)(C)C=[C]=[Ru]([Cl])[Cl].c1cc(N2CCCC2)ccn1.c1cc(N2CCCC2)ccn1. The molecule has 2 aliphatic heterocycles. The largest absolute Gasteiger partial charge is 0.371 e. The van der Waals surface area contributed by atoms with E-state index in [1.165, 1.54) is 80.2 Å². The van der Waals surface area contributed by atoms with Crippen molar-refractivity contribution in [1.29, 1.82) is 0 Å². The second kappa shape index (κ2) is 23.8. The van der Waals surface area contributed by atoms with Crippen LogP contribution in [-0.2, 0) is 13.5 Å². The number of rotatable bonds is 5. The van der Waals surface area contributed by atoms with Gasteiger partial charge < -0.3 is 9.80 Å². The van der Waals surface area contributed by atoms with Gasteiger partial charge in [-0.1, -0.05) is 19.3 Å². The van der Waals surface area contributed by atoms with Gasteiger partial charge in [-0.25, -0.2) is 0 Å². The molecule has 8 heteroatoms. The third-order valence-corrected chi connectivity index (χ3v) is 17.2. The van der Waals surface area contributed by atoms with Gasteiger partial charge in [0.2, 0.25) is 0 Å². The summed E-state index contributed by atoms with van der Waals surface area (Å²) in [6, 6.07) is 8.30. The second-order valence-corrected chi connectivity index (χ2v) is 24.9. The zero-order chi connectivity index (χ0) is 35.4. The van der Waals surface area contributed by atoms with E-state index in [2.05, 4.69) is 69.1 Å². The topological polar surface area (TPSA) is 32.3 Å². The Kier molecular flexibility index (Phi) is 19.9. The van der Waals surface area contributed by atoms with Crippen molar-refractivity contribution in [2.45, 2.75) is 160 Å². The van der Waals surface area contributed by atoms with Crippen LogP contribution < -0.4 is 9.80 Å². The van der Waals surface area contributed by atoms with Crippen LogP contribution in [0, 0.1) is 5.41 Å². The fraction of sp³-hybridized carbons (Fsp3) is 0.714. The maximum Gasteiger partial charge on any atom is 0.0397 e. The summed E-state index contributed by atoms with van der Waals surface area (Å²) in [5.74, 6) is 0. The standard InChI is InChI=1S/C18H33P.2C9H12N2.C6H10.2ClH.Ru/c1-4-10-16(11-5-1)19(17-12-6-2-7-13-17)18-14-8-3-9-15-18;2*1-2-8-11(7-1)9-3-5-10-6-4-9;1-5-6(2,3)4;;;/h16-18H,1-15H2;2*3-6H,1-2,7-8H2;5H,2-4H3;2*1H;/q;;;;;;+2/p-1. The van der Waals surface area contributed by atoms with Gasteiger partial charge in [0.25, 0.3) is 0 Å². The van der Waals surface area contributed by atoms with E-state index < -0.39 is 13.5 Å². The molecule has 3 saturated carbocycles. The maximum absolute atomic E-state index is 5.55. The zero-order valence-electron chi connectivity index (χ0n) is 31.6. The summed E-state index contributed by atoms with van der Waals surface area (Å²) in [5.41, 5.74) is 6.48. The molecule has 0 atom stereocenters. The Morgan fingerprint density at radius 1 is 0.580 bits per heavy atom. The molecule has 0 spiro atoms. The number of hydrogen-bond donors (Lipinski definition) is 0. The number of anilines is 2. The van der Waals surface area contributed by atoms with Gasteiger partial charge in [0.15, 0.2) is 0 Å². The molecule has 282 valence electrons. The van der Waals surface area contributed by atoms with E-state index in [-0.39, 0.29) is 13.3 Å². The van der Waals surface area contributed by atoms with E-state index in [1.807, 2.05) is 30.9 Å². The van der Waals surface area contributed by atoms with Gasteiger partial charge in [0.05, 0.1) is 17.0 Å². The summed E-state index contributed by atoms with van der Waals surface area (Å²) in [6.07, 6.45) is 38.5. The normalized spacial score (nSPS) is 20.8. The molecule has 2 aromatic heterocycles. The molecule has 2 aromatic rings. The van der Waals surface area contributed by atoms with Crippen LogP contribution >= 0.6 is 27.3 Å². The Morgan fingerprint density at radius 3 is 1.16 bits per heavy atom. The molecule has 0 N–H and O–H groups in total. The quantitative estimate of drug-likeness (QED) is 0.222. The van der Waals surface area contributed by atoms with Crippen LogP contribution in [0.15, 0.2) is 55.1 Å². The molecule has 3 aliphatic carbocycles. The van der Waals surface area contributed by atoms with Crippen molar-refractivity contribution >= 4 is 42.9 Å². The number of aromatic nitrogens is 2. The summed E-state index contributed by atoms with van der Waals surface area (Å²) >= 11 is -1.67. The first-order chi connectivity index (χ1) is 24.3. The zero-order valence-corrected chi connectivity index (χ0v) is 35.8. The first-order valence-electron chi connectivity index (χ1n) is 20.1. The number of hydrogen-bond acceptors (Lipinski definition) is 4. The molecule has 7 rings (SSSR count). The number of nitrogens with zero attached hydrogens (tertiary/aromatic N) is 4. The van der Waals surface area contributed by atoms with Crippen molar-refractivity contribution in [2.24, 2.45) is 5.41 Å². The van der Waals surface area contributed by atoms with Crippen molar-refractivity contribution in [3.63, 3.8) is 0 Å². The second-order valence-electron chi connectivity index (χ2n) is 16.1. The maximum atomic E-state index is 5.55. The van der Waals surface area contributed by atoms with Crippen molar-refractivity contribution in [2.75, 3.05) is 36.0 Å². The first-order valence-corrected chi connectivity index (χ1v) is 27.1. The summed E-state index contributed by atoms with van der Waals surface area (Å²) in [6.45, 7) is 11.1. The van der Waals surface area contributed by atoms with E-state index in [0.717, 1.165) is 0 Å². The van der Waals surface area contributed by atoms with E-state index in [9.17, 15) is 0 Å². The van der Waals surface area contributed by atoms with Gasteiger partial charge in [0.1, 0.15) is 0 Å². The van der Waals surface area contributed by atoms with Crippen molar-refractivity contribution < 1.29 is 13.5 Å². The molecule has 5 aliphatic rings. The smallest absolute Gasteiger partial charge is 0.0397 e. The van der Waals surface area contributed by atoms with Crippen molar-refractivity contribution in [3.8, 4) is 0 Å². The third-order valence-electron chi connectivity index (χ3n) is 11.1. The van der Waals surface area contributed by atoms with Gasteiger partial charge in [-0.15, -0.1) is 0 Å². The average molecular weight is 832 g/mol. The first kappa shape index (κ1) is 41.9. The van der Waals surface area contributed by atoms with Crippen LogP contribution in [-0.4, -0.2) is 57.4 Å². The minimum absolute atomic E-state index is 0.0465. The summed E-state index contributed by atoms with van der Waals surface area (Å²) in [7, 11) is 11.1. The van der Waals surface area contributed by atoms with E-state index in [1.54, 1.807) is 96.3 Å². The Balaban J connectivity index is 0.000000158. The molecule has 0 radical (unpaired) electrons. The molecule has 2 saturated heterocycles. The summed E-state index contributed by atoms with van der Waals surface area (Å²) in [4.78, 5) is 12.8. The summed E-state index contributed by atoms with van der Waals surface area (Å²) < 4.78 is 2.93. The van der Waals surface area contributed by atoms with Gasteiger partial charge >= 0.3 is 69.4 Å². The predicted octanol–water partition coefficient (Wildman–Crippen LogP) is 12.5. The number of allylic oxidation sites excluding steroid dienone is 1. The van der Waals surface area contributed by atoms with Crippen LogP contribution in [0.1, 0.15) is 143 Å². The third kappa shape index (κ3) is 16.1. The van der Waals surface area contributed by atoms with Crippen LogP contribution in [0.4, 0.5) is 11.4 Å². The predicted molar refractivity (Wildman–Crippen MR) is 221 cm³/mol. The molecule has 50 heavy (non-hydrogen) atoms. The van der Waals surface area contributed by atoms with Gasteiger partial charge in [-0.05, 0) is 127 Å². The van der Waals surface area contributed by atoms with Crippen molar-refractivity contribution in [1.82, 2.24) is 9.97 Å². The van der Waals surface area contributed by atoms with Gasteiger partial charge in [0, 0.05) is 70.3 Å². The molecule has 0 amide bonds. The Bertz CT molecular complexity index is 1130. The van der Waals surface area contributed by atoms with Crippen molar-refractivity contribution in [3.05, 3.63) is 55.1 Å². The summed E-state index contributed by atoms with van der Waals surface area (Å²) in [5, 5.41) is 0. The van der Waals surface area contributed by atoms with Crippen LogP contribution in [0.3, 0.4) is 0 Å². The molecule has 0 unspecified atom stereocenters. The molecule has 5 fully saturated rings. The van der Waals surface area contributed by atoms with E-state index >= 15 is 0 Å². The Labute approximate surface area is 320 Å². The number of halogens is 2. The van der Waals surface area contributed by atoms with Gasteiger partial charge in [-0.2, -0.15) is 0 Å². The number of pyridine rings is 2. The average Bonchev–Trinajstić information content (AvgIpc) is 3.90. The van der Waals surface area contributed by atoms with E-state index in [0.29, 0.717) is 0 Å². The fourth-order valence-corrected chi connectivity index (χ4v) is 15.2. The molecule has 0 bridgehead atoms. The monoisotopic (exact) mass is 831 g/mol. The fourth-order valence-electron chi connectivity index (χ4n) is 8.56. The van der Waals surface area contributed by atoms with Crippen LogP contribution in [0.2, 0.25) is 0 Å². The minimum atomic E-state index is -1.67. The molecule has 4 heterocycles. The molecular weight excluding hydrogens is 763 g/mol. The van der Waals surface area contributed by atoms with Crippen LogP contribution in [0.5, 0.6) is 0 Å². The Hall–Kier alpha value is -0.817. The van der Waals surface area contributed by atoms with Crippen LogP contribution in [0.25, 0.3) is 0 Å². The van der Waals surface area contributed by atoms with Gasteiger partial charge in [-0.3, -0.25) is 9.97 Å². The molecule has 4 nitrogen and oxygen atoms in total.